The Kier molecular flexibility index (Phi) is 7.90. The van der Waals surface area contributed by atoms with Crippen molar-refractivity contribution in [2.75, 3.05) is 0 Å². The molecule has 1 aromatic heterocycles. The molecule has 224 valence electrons. The fraction of sp³-hybridized carbons (Fsp3) is 0.194. The smallest absolute Gasteiger partial charge is 0.485 e. The number of pyridine rings is 1. The summed E-state index contributed by atoms with van der Waals surface area (Å²) in [4.78, 5) is 0. The average molecular weight is 614 g/mol. The lowest BCUT2D eigenvalue weighted by Crippen LogP contribution is -2.44. The predicted octanol–water partition coefficient (Wildman–Crippen LogP) is 7.58. The van der Waals surface area contributed by atoms with E-state index in [1.54, 1.807) is 0 Å². The number of halogens is 3. The van der Waals surface area contributed by atoms with E-state index < -0.39 is 15.6 Å². The number of aryl methyl sites for hydroxylation is 3. The highest BCUT2D eigenvalue weighted by molar-refractivity contribution is 7.86. The fourth-order valence-electron chi connectivity index (χ4n) is 6.40. The van der Waals surface area contributed by atoms with Gasteiger partial charge in [0.2, 0.25) is 11.4 Å². The van der Waals surface area contributed by atoms with Crippen LogP contribution >= 0.6 is 0 Å². The van der Waals surface area contributed by atoms with Gasteiger partial charge in [0.1, 0.15) is 0 Å². The third kappa shape index (κ3) is 5.67. The van der Waals surface area contributed by atoms with Crippen molar-refractivity contribution < 1.29 is 30.7 Å². The Labute approximate surface area is 255 Å². The summed E-state index contributed by atoms with van der Waals surface area (Å²) in [5, 5.41) is 0. The van der Waals surface area contributed by atoms with Crippen molar-refractivity contribution in [1.29, 1.82) is 0 Å². The molecule has 0 aliphatic heterocycles. The van der Waals surface area contributed by atoms with Crippen molar-refractivity contribution in [3.05, 3.63) is 137 Å². The van der Waals surface area contributed by atoms with Crippen molar-refractivity contribution >= 4 is 10.1 Å². The Morgan fingerprint density at radius 2 is 1.14 bits per heavy atom. The minimum Gasteiger partial charge on any atom is -0.741 e. The summed E-state index contributed by atoms with van der Waals surface area (Å²) in [5.74, 6) is 0. The Morgan fingerprint density at radius 1 is 0.682 bits per heavy atom. The quantitative estimate of drug-likeness (QED) is 0.120. The molecule has 0 N–H and O–H groups in total. The molecule has 1 heterocycles. The third-order valence-electron chi connectivity index (χ3n) is 8.36. The minimum absolute atomic E-state index is 0.878. The molecule has 0 bridgehead atoms. The topological polar surface area (TPSA) is 61.1 Å². The number of rotatable bonds is 3. The SMILES string of the molecule is Cc1ccc(C[n+]2c3c(c(-c4ccccc4)c4c2-c2ccccc2CC4)CCc2ccccc2-3)cc1.O=S(=O)([O-])C(F)(F)F. The van der Waals surface area contributed by atoms with Crippen LogP contribution in [0.15, 0.2) is 103 Å². The molecule has 0 unspecified atom stereocenters. The zero-order valence-corrected chi connectivity index (χ0v) is 24.9. The van der Waals surface area contributed by atoms with Crippen LogP contribution in [0.5, 0.6) is 0 Å². The molecule has 4 nitrogen and oxygen atoms in total. The van der Waals surface area contributed by atoms with Crippen LogP contribution in [-0.4, -0.2) is 18.5 Å². The highest BCUT2D eigenvalue weighted by Crippen LogP contribution is 2.44. The van der Waals surface area contributed by atoms with Gasteiger partial charge in [-0.25, -0.2) is 8.42 Å². The van der Waals surface area contributed by atoms with Crippen molar-refractivity contribution in [2.45, 2.75) is 44.7 Å². The number of nitrogens with zero attached hydrogens (tertiary/aromatic N) is 1. The first-order valence-electron chi connectivity index (χ1n) is 14.4. The fourth-order valence-corrected chi connectivity index (χ4v) is 6.40. The normalized spacial score (nSPS) is 13.5. The Morgan fingerprint density at radius 3 is 1.61 bits per heavy atom. The second kappa shape index (κ2) is 11.7. The van der Waals surface area contributed by atoms with Crippen molar-refractivity contribution in [3.8, 4) is 33.6 Å². The Hall–Kier alpha value is -4.27. The van der Waals surface area contributed by atoms with Gasteiger partial charge in [-0.1, -0.05) is 96.6 Å². The summed E-state index contributed by atoms with van der Waals surface area (Å²) in [7, 11) is -6.09. The lowest BCUT2D eigenvalue weighted by Gasteiger charge is -2.28. The van der Waals surface area contributed by atoms with Gasteiger partial charge in [0.05, 0.1) is 0 Å². The van der Waals surface area contributed by atoms with Gasteiger partial charge in [0, 0.05) is 33.4 Å². The van der Waals surface area contributed by atoms with Crippen LogP contribution in [0.25, 0.3) is 33.6 Å². The van der Waals surface area contributed by atoms with E-state index >= 15 is 0 Å². The lowest BCUT2D eigenvalue weighted by atomic mass is 9.77. The molecule has 8 heteroatoms. The van der Waals surface area contributed by atoms with E-state index in [1.165, 1.54) is 67.0 Å². The predicted molar refractivity (Wildman–Crippen MR) is 164 cm³/mol. The number of alkyl halides is 3. The van der Waals surface area contributed by atoms with Crippen molar-refractivity contribution in [1.82, 2.24) is 0 Å². The van der Waals surface area contributed by atoms with E-state index in [1.807, 2.05) is 0 Å². The van der Waals surface area contributed by atoms with Crippen molar-refractivity contribution in [2.24, 2.45) is 0 Å². The Balaban J connectivity index is 0.000000381. The standard InChI is InChI=1S/C35H30N.CHF3O3S/c1-24-15-17-25(18-16-24)23-36-34-29-13-7-5-9-26(29)19-21-31(34)33(28-11-3-2-4-12-28)32-22-20-27-10-6-8-14-30(27)35(32)36;2-1(3,4)8(5,6)7/h2-18H,19-23H2,1H3;(H,5,6,7)/q+1;/p-1. The Bertz CT molecular complexity index is 1880. The van der Waals surface area contributed by atoms with Gasteiger partial charge in [-0.2, -0.15) is 17.7 Å². The maximum absolute atomic E-state index is 10.7. The van der Waals surface area contributed by atoms with Crippen LogP contribution in [0.3, 0.4) is 0 Å². The highest BCUT2D eigenvalue weighted by Gasteiger charge is 2.38. The molecule has 0 radical (unpaired) electrons. The van der Waals surface area contributed by atoms with Crippen molar-refractivity contribution in [3.63, 3.8) is 0 Å². The summed E-state index contributed by atoms with van der Waals surface area (Å²) < 4.78 is 61.6. The van der Waals surface area contributed by atoms with Gasteiger partial charge in [-0.05, 0) is 61.4 Å². The minimum atomic E-state index is -6.09. The number of benzene rings is 4. The van der Waals surface area contributed by atoms with E-state index in [0.717, 1.165) is 32.2 Å². The first kappa shape index (κ1) is 29.8. The van der Waals surface area contributed by atoms with Gasteiger partial charge in [0.25, 0.3) is 0 Å². The van der Waals surface area contributed by atoms with Gasteiger partial charge >= 0.3 is 5.51 Å². The molecule has 5 aromatic rings. The molecule has 4 aromatic carbocycles. The van der Waals surface area contributed by atoms with E-state index in [-0.39, 0.29) is 0 Å². The lowest BCUT2D eigenvalue weighted by molar-refractivity contribution is -0.667. The van der Waals surface area contributed by atoms with Crippen LogP contribution in [0.4, 0.5) is 13.2 Å². The summed E-state index contributed by atoms with van der Waals surface area (Å²) in [5.41, 5.74) is 11.4. The summed E-state index contributed by atoms with van der Waals surface area (Å²) in [6.45, 7) is 3.05. The van der Waals surface area contributed by atoms with E-state index in [9.17, 15) is 13.2 Å². The second-order valence-corrected chi connectivity index (χ2v) is 12.6. The van der Waals surface area contributed by atoms with Gasteiger partial charge < -0.3 is 4.55 Å². The van der Waals surface area contributed by atoms with Gasteiger partial charge in [-0.3, -0.25) is 0 Å². The average Bonchev–Trinajstić information content (AvgIpc) is 3.01. The molecule has 0 fully saturated rings. The molecule has 0 amide bonds. The zero-order chi connectivity index (χ0) is 31.1. The third-order valence-corrected chi connectivity index (χ3v) is 8.92. The number of hydrogen-bond acceptors (Lipinski definition) is 3. The van der Waals surface area contributed by atoms with Crippen LogP contribution in [0.1, 0.15) is 33.4 Å². The van der Waals surface area contributed by atoms with E-state index in [0.29, 0.717) is 0 Å². The van der Waals surface area contributed by atoms with E-state index in [4.69, 9.17) is 13.0 Å². The molecule has 0 atom stereocenters. The second-order valence-electron chi connectivity index (χ2n) is 11.2. The largest absolute Gasteiger partial charge is 0.741 e. The summed E-state index contributed by atoms with van der Waals surface area (Å²) in [6.07, 6.45) is 4.37. The number of aromatic nitrogens is 1. The maximum Gasteiger partial charge on any atom is 0.485 e. The first-order valence-corrected chi connectivity index (χ1v) is 15.8. The molecule has 7 rings (SSSR count). The van der Waals surface area contributed by atoms with E-state index in [2.05, 4.69) is 115 Å². The van der Waals surface area contributed by atoms with Gasteiger partial charge in [-0.15, -0.1) is 0 Å². The van der Waals surface area contributed by atoms with Crippen LogP contribution < -0.4 is 4.57 Å². The molecule has 44 heavy (non-hydrogen) atoms. The molecule has 0 saturated heterocycles. The maximum atomic E-state index is 10.7. The molecule has 0 spiro atoms. The zero-order valence-electron chi connectivity index (χ0n) is 24.1. The van der Waals surface area contributed by atoms with Crippen LogP contribution in [0, 0.1) is 6.92 Å². The number of hydrogen-bond donors (Lipinski definition) is 0. The molecular formula is C36H30F3NO3S. The molecular weight excluding hydrogens is 583 g/mol. The molecule has 0 saturated carbocycles. The first-order chi connectivity index (χ1) is 21.0. The molecule has 2 aliphatic carbocycles. The van der Waals surface area contributed by atoms with Gasteiger partial charge in [0.15, 0.2) is 16.7 Å². The monoisotopic (exact) mass is 613 g/mol. The summed E-state index contributed by atoms with van der Waals surface area (Å²) >= 11 is 0. The molecule has 2 aliphatic rings. The number of fused-ring (bicyclic) bond motifs is 6. The van der Waals surface area contributed by atoms with Crippen LogP contribution in [0.2, 0.25) is 0 Å². The van der Waals surface area contributed by atoms with Crippen LogP contribution in [-0.2, 0) is 42.3 Å². The highest BCUT2D eigenvalue weighted by atomic mass is 32.2. The summed E-state index contributed by atoms with van der Waals surface area (Å²) in [6, 6.07) is 38.4.